The lowest BCUT2D eigenvalue weighted by molar-refractivity contribution is 0.0529. The van der Waals surface area contributed by atoms with Crippen LogP contribution in [0.4, 0.5) is 4.39 Å². The van der Waals surface area contributed by atoms with E-state index < -0.39 is 11.4 Å². The molecule has 2 N–H and O–H groups in total. The van der Waals surface area contributed by atoms with E-state index in [4.69, 9.17) is 11.6 Å². The van der Waals surface area contributed by atoms with Crippen LogP contribution in [-0.2, 0) is 5.60 Å². The van der Waals surface area contributed by atoms with Crippen LogP contribution in [0.15, 0.2) is 18.2 Å². The van der Waals surface area contributed by atoms with Crippen molar-refractivity contribution in [2.24, 2.45) is 0 Å². The predicted molar refractivity (Wildman–Crippen MR) is 62.0 cm³/mol. The van der Waals surface area contributed by atoms with Crippen LogP contribution in [0.3, 0.4) is 0 Å². The Morgan fingerprint density at radius 1 is 1.56 bits per heavy atom. The second-order valence-electron chi connectivity index (χ2n) is 4.55. The molecule has 0 heterocycles. The lowest BCUT2D eigenvalue weighted by atomic mass is 9.95. The van der Waals surface area contributed by atoms with Crippen LogP contribution in [0.5, 0.6) is 0 Å². The first-order valence-corrected chi connectivity index (χ1v) is 5.78. The molecule has 2 nitrogen and oxygen atoms in total. The minimum Gasteiger partial charge on any atom is -0.384 e. The molecule has 1 aliphatic rings. The zero-order chi connectivity index (χ0) is 11.8. The molecule has 1 atom stereocenters. The van der Waals surface area contributed by atoms with Gasteiger partial charge in [0.2, 0.25) is 0 Å². The molecule has 0 saturated heterocycles. The van der Waals surface area contributed by atoms with Crippen LogP contribution in [0.1, 0.15) is 25.3 Å². The standard InChI is InChI=1S/C12H15ClFNO/c1-12(16,7-15-9-3-4-9)10-5-2-8(13)6-11(10)14/h2,5-6,9,15-16H,3-4,7H2,1H3. The molecule has 88 valence electrons. The van der Waals surface area contributed by atoms with Crippen molar-refractivity contribution in [2.45, 2.75) is 31.4 Å². The van der Waals surface area contributed by atoms with Gasteiger partial charge in [-0.05, 0) is 31.9 Å². The summed E-state index contributed by atoms with van der Waals surface area (Å²) in [6, 6.07) is 4.84. The molecule has 1 aromatic carbocycles. The SMILES string of the molecule is CC(O)(CNC1CC1)c1ccc(Cl)cc1F. The summed E-state index contributed by atoms with van der Waals surface area (Å²) in [5.74, 6) is -0.463. The molecule has 16 heavy (non-hydrogen) atoms. The third-order valence-corrected chi connectivity index (χ3v) is 3.06. The Morgan fingerprint density at radius 3 is 2.81 bits per heavy atom. The average Bonchev–Trinajstić information content (AvgIpc) is 2.97. The maximum absolute atomic E-state index is 13.6. The van der Waals surface area contributed by atoms with Gasteiger partial charge in [-0.15, -0.1) is 0 Å². The molecule has 1 aromatic rings. The molecule has 0 amide bonds. The Morgan fingerprint density at radius 2 is 2.25 bits per heavy atom. The number of hydrogen-bond acceptors (Lipinski definition) is 2. The summed E-state index contributed by atoms with van der Waals surface area (Å²) >= 11 is 5.67. The molecular weight excluding hydrogens is 229 g/mol. The van der Waals surface area contributed by atoms with Crippen LogP contribution < -0.4 is 5.32 Å². The van der Waals surface area contributed by atoms with Crippen molar-refractivity contribution in [1.29, 1.82) is 0 Å². The number of aliphatic hydroxyl groups is 1. The van der Waals surface area contributed by atoms with E-state index in [0.717, 1.165) is 12.8 Å². The van der Waals surface area contributed by atoms with Gasteiger partial charge in [-0.3, -0.25) is 0 Å². The summed E-state index contributed by atoms with van der Waals surface area (Å²) in [7, 11) is 0. The third kappa shape index (κ3) is 2.73. The first-order valence-electron chi connectivity index (χ1n) is 5.40. The normalized spacial score (nSPS) is 19.5. The molecule has 1 fully saturated rings. The molecular formula is C12H15ClFNO. The Bertz CT molecular complexity index is 391. The quantitative estimate of drug-likeness (QED) is 0.852. The molecule has 0 radical (unpaired) electrons. The number of hydrogen-bond donors (Lipinski definition) is 2. The van der Waals surface area contributed by atoms with Crippen molar-refractivity contribution in [1.82, 2.24) is 5.32 Å². The largest absolute Gasteiger partial charge is 0.384 e. The molecule has 0 aliphatic heterocycles. The monoisotopic (exact) mass is 243 g/mol. The van der Waals surface area contributed by atoms with Crippen LogP contribution >= 0.6 is 11.6 Å². The van der Waals surface area contributed by atoms with Crippen LogP contribution in [-0.4, -0.2) is 17.7 Å². The van der Waals surface area contributed by atoms with E-state index in [1.807, 2.05) is 0 Å². The van der Waals surface area contributed by atoms with Gasteiger partial charge in [0, 0.05) is 23.2 Å². The highest BCUT2D eigenvalue weighted by molar-refractivity contribution is 6.30. The summed E-state index contributed by atoms with van der Waals surface area (Å²) in [6.07, 6.45) is 2.28. The number of nitrogens with one attached hydrogen (secondary N) is 1. The minimum atomic E-state index is -1.20. The lowest BCUT2D eigenvalue weighted by Crippen LogP contribution is -2.37. The Kier molecular flexibility index (Phi) is 3.19. The van der Waals surface area contributed by atoms with Gasteiger partial charge < -0.3 is 10.4 Å². The summed E-state index contributed by atoms with van der Waals surface area (Å²) in [4.78, 5) is 0. The highest BCUT2D eigenvalue weighted by atomic mass is 35.5. The molecule has 2 rings (SSSR count). The van der Waals surface area contributed by atoms with Gasteiger partial charge in [-0.2, -0.15) is 0 Å². The smallest absolute Gasteiger partial charge is 0.130 e. The van der Waals surface area contributed by atoms with E-state index in [1.54, 1.807) is 13.0 Å². The van der Waals surface area contributed by atoms with Gasteiger partial charge in [0.05, 0.1) is 0 Å². The van der Waals surface area contributed by atoms with Crippen molar-refractivity contribution in [3.8, 4) is 0 Å². The third-order valence-electron chi connectivity index (χ3n) is 2.82. The van der Waals surface area contributed by atoms with Gasteiger partial charge in [-0.1, -0.05) is 17.7 Å². The molecule has 1 unspecified atom stereocenters. The van der Waals surface area contributed by atoms with Crippen molar-refractivity contribution in [3.63, 3.8) is 0 Å². The highest BCUT2D eigenvalue weighted by Gasteiger charge is 2.30. The fourth-order valence-corrected chi connectivity index (χ4v) is 1.81. The van der Waals surface area contributed by atoms with E-state index >= 15 is 0 Å². The Hall–Kier alpha value is -0.640. The summed E-state index contributed by atoms with van der Waals surface area (Å²) in [5, 5.41) is 13.7. The zero-order valence-electron chi connectivity index (χ0n) is 9.13. The maximum atomic E-state index is 13.6. The van der Waals surface area contributed by atoms with Gasteiger partial charge in [-0.25, -0.2) is 4.39 Å². The topological polar surface area (TPSA) is 32.3 Å². The first-order chi connectivity index (χ1) is 7.49. The summed E-state index contributed by atoms with van der Waals surface area (Å²) in [6.45, 7) is 1.96. The number of benzene rings is 1. The van der Waals surface area contributed by atoms with E-state index in [2.05, 4.69) is 5.32 Å². The van der Waals surface area contributed by atoms with E-state index in [-0.39, 0.29) is 5.56 Å². The van der Waals surface area contributed by atoms with Gasteiger partial charge in [0.1, 0.15) is 11.4 Å². The molecule has 4 heteroatoms. The van der Waals surface area contributed by atoms with Crippen molar-refractivity contribution >= 4 is 11.6 Å². The number of rotatable bonds is 4. The fraction of sp³-hybridized carbons (Fsp3) is 0.500. The molecule has 0 bridgehead atoms. The Balaban J connectivity index is 2.12. The zero-order valence-corrected chi connectivity index (χ0v) is 9.89. The second kappa shape index (κ2) is 4.32. The summed E-state index contributed by atoms with van der Waals surface area (Å²) < 4.78 is 13.6. The van der Waals surface area contributed by atoms with Gasteiger partial charge >= 0.3 is 0 Å². The second-order valence-corrected chi connectivity index (χ2v) is 4.99. The van der Waals surface area contributed by atoms with E-state index in [0.29, 0.717) is 17.6 Å². The van der Waals surface area contributed by atoms with Crippen LogP contribution in [0.25, 0.3) is 0 Å². The predicted octanol–water partition coefficient (Wildman–Crippen LogP) is 2.44. The molecule has 1 aliphatic carbocycles. The van der Waals surface area contributed by atoms with Crippen molar-refractivity contribution in [3.05, 3.63) is 34.6 Å². The maximum Gasteiger partial charge on any atom is 0.130 e. The minimum absolute atomic E-state index is 0.282. The lowest BCUT2D eigenvalue weighted by Gasteiger charge is -2.25. The highest BCUT2D eigenvalue weighted by Crippen LogP contribution is 2.27. The Labute approximate surface area is 99.4 Å². The summed E-state index contributed by atoms with van der Waals surface area (Å²) in [5.41, 5.74) is -0.915. The molecule has 1 saturated carbocycles. The van der Waals surface area contributed by atoms with Crippen molar-refractivity contribution in [2.75, 3.05) is 6.54 Å². The fourth-order valence-electron chi connectivity index (χ4n) is 1.65. The van der Waals surface area contributed by atoms with Crippen LogP contribution in [0.2, 0.25) is 5.02 Å². The molecule has 0 aromatic heterocycles. The van der Waals surface area contributed by atoms with Gasteiger partial charge in [0.15, 0.2) is 0 Å². The van der Waals surface area contributed by atoms with E-state index in [9.17, 15) is 9.50 Å². The van der Waals surface area contributed by atoms with Crippen molar-refractivity contribution < 1.29 is 9.50 Å². The first kappa shape index (κ1) is 11.8. The number of halogens is 2. The van der Waals surface area contributed by atoms with E-state index in [1.165, 1.54) is 12.1 Å². The average molecular weight is 244 g/mol. The molecule has 0 spiro atoms. The van der Waals surface area contributed by atoms with Crippen LogP contribution in [0, 0.1) is 5.82 Å². The van der Waals surface area contributed by atoms with Gasteiger partial charge in [0.25, 0.3) is 0 Å².